The zero-order valence-corrected chi connectivity index (χ0v) is 19.0. The molecule has 0 radical (unpaired) electrons. The van der Waals surface area contributed by atoms with Gasteiger partial charge in [-0.1, -0.05) is 23.2 Å². The lowest BCUT2D eigenvalue weighted by Gasteiger charge is -2.38. The lowest BCUT2D eigenvalue weighted by molar-refractivity contribution is 0.00765. The van der Waals surface area contributed by atoms with E-state index in [0.717, 1.165) is 19.5 Å². The number of hydrogen-bond acceptors (Lipinski definition) is 7. The summed E-state index contributed by atoms with van der Waals surface area (Å²) in [5, 5.41) is 7.18. The van der Waals surface area contributed by atoms with Crippen LogP contribution in [0.15, 0.2) is 30.5 Å². The van der Waals surface area contributed by atoms with E-state index in [4.69, 9.17) is 38.4 Å². The molecule has 1 aromatic carbocycles. The Morgan fingerprint density at radius 1 is 1.32 bits per heavy atom. The monoisotopic (exact) mass is 467 g/mol. The first-order valence-electron chi connectivity index (χ1n) is 9.96. The van der Waals surface area contributed by atoms with Gasteiger partial charge in [-0.3, -0.25) is 9.69 Å². The zero-order valence-electron chi connectivity index (χ0n) is 17.5. The average molecular weight is 468 g/mol. The summed E-state index contributed by atoms with van der Waals surface area (Å²) >= 11 is 12.3. The second-order valence-corrected chi connectivity index (χ2v) is 8.09. The van der Waals surface area contributed by atoms with Gasteiger partial charge in [0, 0.05) is 45.0 Å². The SMILES string of the molecule is COc1cc(C(=O)N[C@H]2CCN(CCNc3ncccc3Cl)C[C@H]2OC)cc(Cl)c1N. The smallest absolute Gasteiger partial charge is 0.251 e. The van der Waals surface area contributed by atoms with Crippen LogP contribution in [0, 0.1) is 0 Å². The van der Waals surface area contributed by atoms with Crippen molar-refractivity contribution in [2.45, 2.75) is 18.6 Å². The van der Waals surface area contributed by atoms with Crippen molar-refractivity contribution < 1.29 is 14.3 Å². The summed E-state index contributed by atoms with van der Waals surface area (Å²) in [6.07, 6.45) is 2.32. The molecule has 0 bridgehead atoms. The van der Waals surface area contributed by atoms with E-state index in [1.807, 2.05) is 0 Å². The number of amides is 1. The second-order valence-electron chi connectivity index (χ2n) is 7.28. The van der Waals surface area contributed by atoms with E-state index >= 15 is 0 Å². The largest absolute Gasteiger partial charge is 0.495 e. The molecule has 1 aromatic heterocycles. The van der Waals surface area contributed by atoms with Crippen LogP contribution in [0.25, 0.3) is 0 Å². The van der Waals surface area contributed by atoms with Gasteiger partial charge >= 0.3 is 0 Å². The Bertz CT molecular complexity index is 915. The third-order valence-corrected chi connectivity index (χ3v) is 5.93. The number of aromatic nitrogens is 1. The quantitative estimate of drug-likeness (QED) is 0.512. The number of pyridine rings is 1. The molecule has 3 rings (SSSR count). The predicted molar refractivity (Wildman–Crippen MR) is 123 cm³/mol. The molecule has 1 amide bonds. The van der Waals surface area contributed by atoms with E-state index in [0.29, 0.717) is 40.9 Å². The summed E-state index contributed by atoms with van der Waals surface area (Å²) in [6.45, 7) is 3.03. The minimum Gasteiger partial charge on any atom is -0.495 e. The van der Waals surface area contributed by atoms with Gasteiger partial charge in [0.2, 0.25) is 0 Å². The minimum absolute atomic E-state index is 0.116. The zero-order chi connectivity index (χ0) is 22.4. The van der Waals surface area contributed by atoms with Gasteiger partial charge in [0.1, 0.15) is 11.6 Å². The van der Waals surface area contributed by atoms with E-state index in [1.165, 1.54) is 7.11 Å². The molecule has 1 aliphatic heterocycles. The van der Waals surface area contributed by atoms with Gasteiger partial charge in [-0.25, -0.2) is 4.98 Å². The van der Waals surface area contributed by atoms with Crippen LogP contribution >= 0.6 is 23.2 Å². The van der Waals surface area contributed by atoms with Crippen molar-refractivity contribution in [1.82, 2.24) is 15.2 Å². The summed E-state index contributed by atoms with van der Waals surface area (Å²) in [4.78, 5) is 19.3. The maximum atomic E-state index is 12.8. The Morgan fingerprint density at radius 2 is 2.13 bits per heavy atom. The van der Waals surface area contributed by atoms with Crippen molar-refractivity contribution in [2.24, 2.45) is 0 Å². The van der Waals surface area contributed by atoms with Crippen LogP contribution in [0.5, 0.6) is 5.75 Å². The molecular weight excluding hydrogens is 441 g/mol. The number of ether oxygens (including phenoxy) is 2. The van der Waals surface area contributed by atoms with Gasteiger partial charge < -0.3 is 25.8 Å². The number of benzene rings is 1. The number of nitrogen functional groups attached to an aromatic ring is 1. The van der Waals surface area contributed by atoms with Gasteiger partial charge in [-0.05, 0) is 30.7 Å². The van der Waals surface area contributed by atoms with Gasteiger partial charge in [-0.15, -0.1) is 0 Å². The molecule has 0 saturated carbocycles. The van der Waals surface area contributed by atoms with Crippen LogP contribution in [0.4, 0.5) is 11.5 Å². The Morgan fingerprint density at radius 3 is 2.84 bits per heavy atom. The number of nitrogens with two attached hydrogens (primary N) is 1. The van der Waals surface area contributed by atoms with Crippen LogP contribution in [0.3, 0.4) is 0 Å². The first-order chi connectivity index (χ1) is 14.9. The fourth-order valence-electron chi connectivity index (χ4n) is 3.58. The normalized spacial score (nSPS) is 19.1. The minimum atomic E-state index is -0.243. The fraction of sp³-hybridized carbons (Fsp3) is 0.429. The van der Waals surface area contributed by atoms with E-state index in [-0.39, 0.29) is 23.1 Å². The van der Waals surface area contributed by atoms with Crippen LogP contribution in [-0.2, 0) is 4.74 Å². The number of hydrogen-bond donors (Lipinski definition) is 3. The summed E-state index contributed by atoms with van der Waals surface area (Å²) in [5.74, 6) is 0.802. The van der Waals surface area contributed by atoms with Crippen LogP contribution < -0.4 is 21.1 Å². The highest BCUT2D eigenvalue weighted by atomic mass is 35.5. The maximum Gasteiger partial charge on any atom is 0.251 e. The van der Waals surface area contributed by atoms with Crippen molar-refractivity contribution in [3.05, 3.63) is 46.1 Å². The highest BCUT2D eigenvalue weighted by molar-refractivity contribution is 6.34. The van der Waals surface area contributed by atoms with Gasteiger partial charge in [0.05, 0.1) is 35.0 Å². The number of piperidine rings is 1. The lowest BCUT2D eigenvalue weighted by Crippen LogP contribution is -2.55. The molecule has 2 atom stereocenters. The maximum absolute atomic E-state index is 12.8. The second kappa shape index (κ2) is 10.9. The number of rotatable bonds is 8. The van der Waals surface area contributed by atoms with E-state index < -0.39 is 0 Å². The number of methoxy groups -OCH3 is 2. The number of carbonyl (C=O) groups excluding carboxylic acids is 1. The molecule has 0 unspecified atom stereocenters. The van der Waals surface area contributed by atoms with Crippen molar-refractivity contribution in [3.8, 4) is 5.75 Å². The predicted octanol–water partition coefficient (Wildman–Crippen LogP) is 2.91. The Labute approximate surface area is 192 Å². The molecule has 4 N–H and O–H groups in total. The molecule has 10 heteroatoms. The molecule has 0 spiro atoms. The number of nitrogens with one attached hydrogen (secondary N) is 2. The van der Waals surface area contributed by atoms with Crippen LogP contribution in [-0.4, -0.2) is 68.3 Å². The highest BCUT2D eigenvalue weighted by Gasteiger charge is 2.30. The summed E-state index contributed by atoms with van der Waals surface area (Å²) in [5.41, 5.74) is 6.56. The third kappa shape index (κ3) is 5.92. The van der Waals surface area contributed by atoms with E-state index in [9.17, 15) is 4.79 Å². The van der Waals surface area contributed by atoms with Crippen molar-refractivity contribution in [1.29, 1.82) is 0 Å². The third-order valence-electron chi connectivity index (χ3n) is 5.32. The standard InChI is InChI=1S/C21H27Cl2N5O3/c1-30-17-11-13(10-15(23)19(17)24)21(29)27-16-5-8-28(12-18(16)31-2)9-7-26-20-14(22)4-3-6-25-20/h3-4,6,10-11,16,18H,5,7-9,12,24H2,1-2H3,(H,25,26)(H,27,29)/t16-,18+/m0/s1. The molecule has 1 fully saturated rings. The first kappa shape index (κ1) is 23.4. The number of anilines is 2. The van der Waals surface area contributed by atoms with Gasteiger partial charge in [-0.2, -0.15) is 0 Å². The first-order valence-corrected chi connectivity index (χ1v) is 10.7. The summed E-state index contributed by atoms with van der Waals surface area (Å²) in [6, 6.07) is 6.61. The highest BCUT2D eigenvalue weighted by Crippen LogP contribution is 2.31. The molecule has 1 aliphatic rings. The van der Waals surface area contributed by atoms with Crippen molar-refractivity contribution in [2.75, 3.05) is 51.4 Å². The molecular formula is C21H27Cl2N5O3. The van der Waals surface area contributed by atoms with Crippen LogP contribution in [0.2, 0.25) is 10.0 Å². The fourth-order valence-corrected chi connectivity index (χ4v) is 3.98. The molecule has 1 saturated heterocycles. The Kier molecular flexibility index (Phi) is 8.20. The number of nitrogens with zero attached hydrogens (tertiary/aromatic N) is 2. The molecule has 31 heavy (non-hydrogen) atoms. The topological polar surface area (TPSA) is 102 Å². The van der Waals surface area contributed by atoms with E-state index in [1.54, 1.807) is 37.6 Å². The number of carbonyl (C=O) groups is 1. The van der Waals surface area contributed by atoms with Crippen molar-refractivity contribution >= 4 is 40.6 Å². The lowest BCUT2D eigenvalue weighted by atomic mass is 10.0. The molecule has 168 valence electrons. The molecule has 2 heterocycles. The summed E-state index contributed by atoms with van der Waals surface area (Å²) < 4.78 is 10.9. The Balaban J connectivity index is 1.54. The van der Waals surface area contributed by atoms with E-state index in [2.05, 4.69) is 20.5 Å². The van der Waals surface area contributed by atoms with Gasteiger partial charge in [0.25, 0.3) is 5.91 Å². The van der Waals surface area contributed by atoms with Crippen LogP contribution in [0.1, 0.15) is 16.8 Å². The Hall–Kier alpha value is -2.26. The molecule has 8 nitrogen and oxygen atoms in total. The molecule has 2 aromatic rings. The van der Waals surface area contributed by atoms with Gasteiger partial charge in [0.15, 0.2) is 0 Å². The summed E-state index contributed by atoms with van der Waals surface area (Å²) in [7, 11) is 3.14. The number of likely N-dealkylation sites (tertiary alicyclic amines) is 1. The van der Waals surface area contributed by atoms with Crippen molar-refractivity contribution in [3.63, 3.8) is 0 Å². The molecule has 0 aliphatic carbocycles. The average Bonchev–Trinajstić information content (AvgIpc) is 2.77. The number of halogens is 2.